The van der Waals surface area contributed by atoms with Crippen molar-refractivity contribution in [2.75, 3.05) is 25.9 Å². The standard InChI is InChI=1S/C17H27N7O/c1-3-12-5-4-7-24(8-6-12)16(20-2)14(9-18)23-17(25)15-13(19)10-21-11-22-15/h9-12,14,18H,3-8,19H2,1-2H3,(H,23,25). The number of anilines is 1. The average molecular weight is 345 g/mol. The van der Waals surface area contributed by atoms with Crippen molar-refractivity contribution < 1.29 is 4.79 Å². The maximum absolute atomic E-state index is 12.4. The van der Waals surface area contributed by atoms with Crippen LogP contribution in [-0.2, 0) is 0 Å². The Bertz CT molecular complexity index is 631. The minimum absolute atomic E-state index is 0.110. The second kappa shape index (κ2) is 9.10. The van der Waals surface area contributed by atoms with Gasteiger partial charge in [0.1, 0.15) is 18.2 Å². The third-order valence-electron chi connectivity index (χ3n) is 4.67. The van der Waals surface area contributed by atoms with Crippen LogP contribution in [0.1, 0.15) is 43.1 Å². The molecular formula is C17H27N7O. The molecule has 136 valence electrons. The van der Waals surface area contributed by atoms with Gasteiger partial charge in [-0.3, -0.25) is 9.79 Å². The predicted octanol–water partition coefficient (Wildman–Crippen LogP) is 1.35. The van der Waals surface area contributed by atoms with Gasteiger partial charge in [0.25, 0.3) is 5.91 Å². The summed E-state index contributed by atoms with van der Waals surface area (Å²) in [4.78, 5) is 26.7. The molecule has 1 aliphatic heterocycles. The van der Waals surface area contributed by atoms with Gasteiger partial charge >= 0.3 is 0 Å². The SMILES string of the molecule is CCC1CCCN(C(=NC)C(C=N)NC(=O)c2ncncc2N)CC1. The highest BCUT2D eigenvalue weighted by molar-refractivity contribution is 6.06. The molecule has 25 heavy (non-hydrogen) atoms. The van der Waals surface area contributed by atoms with Crippen molar-refractivity contribution in [1.82, 2.24) is 20.2 Å². The van der Waals surface area contributed by atoms with E-state index in [0.717, 1.165) is 31.8 Å². The molecule has 8 heteroatoms. The van der Waals surface area contributed by atoms with E-state index in [2.05, 4.69) is 32.1 Å². The molecule has 0 aromatic carbocycles. The van der Waals surface area contributed by atoms with Crippen molar-refractivity contribution in [3.63, 3.8) is 0 Å². The van der Waals surface area contributed by atoms with Crippen molar-refractivity contribution in [3.05, 3.63) is 18.2 Å². The fourth-order valence-electron chi connectivity index (χ4n) is 3.20. The lowest BCUT2D eigenvalue weighted by Gasteiger charge is -2.28. The second-order valence-corrected chi connectivity index (χ2v) is 6.22. The molecule has 8 nitrogen and oxygen atoms in total. The van der Waals surface area contributed by atoms with Crippen LogP contribution in [0.3, 0.4) is 0 Å². The van der Waals surface area contributed by atoms with Crippen LogP contribution in [0.2, 0.25) is 0 Å². The molecule has 1 fully saturated rings. The number of amidine groups is 1. The van der Waals surface area contributed by atoms with E-state index in [1.165, 1.54) is 31.6 Å². The molecule has 0 saturated carbocycles. The summed E-state index contributed by atoms with van der Waals surface area (Å²) in [6.45, 7) is 4.00. The highest BCUT2D eigenvalue weighted by atomic mass is 16.2. The van der Waals surface area contributed by atoms with Gasteiger partial charge in [-0.15, -0.1) is 0 Å². The van der Waals surface area contributed by atoms with E-state index in [1.807, 2.05) is 0 Å². The highest BCUT2D eigenvalue weighted by Crippen LogP contribution is 2.21. The van der Waals surface area contributed by atoms with Crippen LogP contribution in [0.25, 0.3) is 0 Å². The van der Waals surface area contributed by atoms with Gasteiger partial charge in [-0.1, -0.05) is 13.3 Å². The van der Waals surface area contributed by atoms with Crippen LogP contribution in [0.4, 0.5) is 5.69 Å². The summed E-state index contributed by atoms with van der Waals surface area (Å²) in [7, 11) is 1.69. The summed E-state index contributed by atoms with van der Waals surface area (Å²) in [6.07, 6.45) is 8.45. The molecule has 4 N–H and O–H groups in total. The van der Waals surface area contributed by atoms with Gasteiger partial charge in [0.15, 0.2) is 5.69 Å². The largest absolute Gasteiger partial charge is 0.396 e. The first-order chi connectivity index (χ1) is 12.1. The molecule has 0 radical (unpaired) electrons. The van der Waals surface area contributed by atoms with Crippen LogP contribution in [0, 0.1) is 11.3 Å². The predicted molar refractivity (Wildman–Crippen MR) is 99.0 cm³/mol. The number of carbonyl (C=O) groups excluding carboxylic acids is 1. The lowest BCUT2D eigenvalue weighted by Crippen LogP contribution is -2.50. The number of nitrogens with zero attached hydrogens (tertiary/aromatic N) is 4. The molecule has 2 heterocycles. The highest BCUT2D eigenvalue weighted by Gasteiger charge is 2.25. The van der Waals surface area contributed by atoms with Crippen LogP contribution in [0.5, 0.6) is 0 Å². The van der Waals surface area contributed by atoms with Crippen molar-refractivity contribution in [2.45, 2.75) is 38.6 Å². The number of nitrogens with two attached hydrogens (primary N) is 1. The number of carbonyl (C=O) groups is 1. The van der Waals surface area contributed by atoms with Crippen molar-refractivity contribution in [2.24, 2.45) is 10.9 Å². The van der Waals surface area contributed by atoms with E-state index in [-0.39, 0.29) is 11.4 Å². The summed E-state index contributed by atoms with van der Waals surface area (Å²) in [5.41, 5.74) is 6.08. The summed E-state index contributed by atoms with van der Waals surface area (Å²) < 4.78 is 0. The van der Waals surface area contributed by atoms with Gasteiger partial charge in [0.2, 0.25) is 0 Å². The summed E-state index contributed by atoms with van der Waals surface area (Å²) in [6, 6.07) is -0.606. The van der Waals surface area contributed by atoms with Crippen molar-refractivity contribution >= 4 is 23.6 Å². The van der Waals surface area contributed by atoms with Gasteiger partial charge in [0.05, 0.1) is 11.9 Å². The number of amides is 1. The van der Waals surface area contributed by atoms with E-state index < -0.39 is 11.9 Å². The normalized spacial score (nSPS) is 19.8. The van der Waals surface area contributed by atoms with Crippen molar-refractivity contribution in [1.29, 1.82) is 5.41 Å². The Morgan fingerprint density at radius 3 is 3.00 bits per heavy atom. The van der Waals surface area contributed by atoms with Crippen LogP contribution >= 0.6 is 0 Å². The lowest BCUT2D eigenvalue weighted by molar-refractivity contribution is 0.0948. The maximum atomic E-state index is 12.4. The van der Waals surface area contributed by atoms with Gasteiger partial charge in [0, 0.05) is 26.4 Å². The molecule has 1 saturated heterocycles. The molecule has 1 aliphatic rings. The smallest absolute Gasteiger partial charge is 0.273 e. The second-order valence-electron chi connectivity index (χ2n) is 6.22. The zero-order chi connectivity index (χ0) is 18.2. The molecule has 1 aromatic rings. The van der Waals surface area contributed by atoms with Crippen LogP contribution in [-0.4, -0.2) is 59.0 Å². The fourth-order valence-corrected chi connectivity index (χ4v) is 3.20. The van der Waals surface area contributed by atoms with E-state index in [1.54, 1.807) is 7.05 Å². The first-order valence-corrected chi connectivity index (χ1v) is 8.69. The number of aromatic nitrogens is 2. The number of nitrogen functional groups attached to an aromatic ring is 1. The first kappa shape index (κ1) is 18.8. The number of hydrogen-bond acceptors (Lipinski definition) is 6. The Hall–Kier alpha value is -2.51. The van der Waals surface area contributed by atoms with E-state index in [9.17, 15) is 4.79 Å². The molecule has 1 aromatic heterocycles. The molecule has 0 spiro atoms. The minimum atomic E-state index is -0.606. The summed E-state index contributed by atoms with van der Waals surface area (Å²) in [5, 5.41) is 10.5. The Morgan fingerprint density at radius 1 is 1.56 bits per heavy atom. The number of aliphatic imine (C=N–C) groups is 1. The van der Waals surface area contributed by atoms with E-state index in [4.69, 9.17) is 11.1 Å². The topological polar surface area (TPSA) is 120 Å². The fraction of sp³-hybridized carbons (Fsp3) is 0.588. The van der Waals surface area contributed by atoms with E-state index in [0.29, 0.717) is 5.84 Å². The molecule has 1 amide bonds. The first-order valence-electron chi connectivity index (χ1n) is 8.69. The molecule has 0 aliphatic carbocycles. The van der Waals surface area contributed by atoms with Crippen LogP contribution in [0.15, 0.2) is 17.5 Å². The quantitative estimate of drug-likeness (QED) is 0.549. The summed E-state index contributed by atoms with van der Waals surface area (Å²) >= 11 is 0. The minimum Gasteiger partial charge on any atom is -0.396 e. The summed E-state index contributed by atoms with van der Waals surface area (Å²) in [5.74, 6) is 1.00. The third kappa shape index (κ3) is 4.74. The molecular weight excluding hydrogens is 318 g/mol. The third-order valence-corrected chi connectivity index (χ3v) is 4.67. The number of hydrogen-bond donors (Lipinski definition) is 3. The number of likely N-dealkylation sites (tertiary alicyclic amines) is 1. The Morgan fingerprint density at radius 2 is 2.36 bits per heavy atom. The Kier molecular flexibility index (Phi) is 6.85. The molecule has 2 unspecified atom stereocenters. The Balaban J connectivity index is 2.10. The lowest BCUT2D eigenvalue weighted by atomic mass is 9.98. The molecule has 0 bridgehead atoms. The van der Waals surface area contributed by atoms with Gasteiger partial charge in [-0.05, 0) is 25.2 Å². The van der Waals surface area contributed by atoms with Gasteiger partial charge in [-0.2, -0.15) is 0 Å². The van der Waals surface area contributed by atoms with Gasteiger partial charge < -0.3 is 21.4 Å². The average Bonchev–Trinajstić information content (AvgIpc) is 2.87. The zero-order valence-electron chi connectivity index (χ0n) is 14.9. The zero-order valence-corrected chi connectivity index (χ0v) is 14.9. The number of nitrogens with one attached hydrogen (secondary N) is 2. The Labute approximate surface area is 148 Å². The monoisotopic (exact) mass is 345 g/mol. The molecule has 2 atom stereocenters. The van der Waals surface area contributed by atoms with Gasteiger partial charge in [-0.25, -0.2) is 9.97 Å². The van der Waals surface area contributed by atoms with E-state index >= 15 is 0 Å². The number of rotatable bonds is 5. The van der Waals surface area contributed by atoms with Crippen LogP contribution < -0.4 is 11.1 Å². The maximum Gasteiger partial charge on any atom is 0.273 e. The molecule has 2 rings (SSSR count). The van der Waals surface area contributed by atoms with Crippen molar-refractivity contribution in [3.8, 4) is 0 Å².